The maximum atomic E-state index is 6.99. The molecular formula is C26H54O2Si2. The molecule has 0 radical (unpaired) electrons. The lowest BCUT2D eigenvalue weighted by Gasteiger charge is -2.42. The molecule has 0 aromatic carbocycles. The van der Waals surface area contributed by atoms with Gasteiger partial charge in [0.25, 0.3) is 8.32 Å². The summed E-state index contributed by atoms with van der Waals surface area (Å²) in [5.41, 5.74) is 1.75. The zero-order valence-electron chi connectivity index (χ0n) is 22.7. The van der Waals surface area contributed by atoms with Gasteiger partial charge in [0, 0.05) is 6.61 Å². The van der Waals surface area contributed by atoms with Gasteiger partial charge in [0.1, 0.15) is 0 Å². The van der Waals surface area contributed by atoms with E-state index in [1.165, 1.54) is 0 Å². The van der Waals surface area contributed by atoms with E-state index in [2.05, 4.69) is 107 Å². The summed E-state index contributed by atoms with van der Waals surface area (Å²) in [6.45, 7) is 31.1. The Morgan fingerprint density at radius 1 is 0.867 bits per heavy atom. The minimum absolute atomic E-state index is 0.272. The molecule has 0 fully saturated rings. The molecule has 0 aromatic heterocycles. The molecule has 0 atom stereocenters. The van der Waals surface area contributed by atoms with E-state index in [1.54, 1.807) is 0 Å². The van der Waals surface area contributed by atoms with Crippen LogP contribution in [0.25, 0.3) is 0 Å². The van der Waals surface area contributed by atoms with E-state index >= 15 is 0 Å². The Morgan fingerprint density at radius 3 is 1.77 bits per heavy atom. The maximum absolute atomic E-state index is 6.99. The zero-order chi connectivity index (χ0) is 23.8. The summed E-state index contributed by atoms with van der Waals surface area (Å²) in [5, 5.41) is 0.272. The van der Waals surface area contributed by atoms with Crippen molar-refractivity contribution in [3.8, 4) is 0 Å². The van der Waals surface area contributed by atoms with E-state index < -0.39 is 16.6 Å². The van der Waals surface area contributed by atoms with Crippen LogP contribution in [0.1, 0.15) is 95.4 Å². The van der Waals surface area contributed by atoms with Crippen LogP contribution in [0.3, 0.4) is 0 Å². The molecule has 4 heteroatoms. The maximum Gasteiger partial charge on any atom is 0.258 e. The SMILES string of the molecule is CC(C)C/C=C\C(=C/CCCO[Si](C)(C)C(C)(C)C)O[Si](C(C)C)(C(C)C)C(C)C. The Labute approximate surface area is 192 Å². The van der Waals surface area contributed by atoms with Crippen molar-refractivity contribution in [1.29, 1.82) is 0 Å². The van der Waals surface area contributed by atoms with E-state index in [0.717, 1.165) is 31.6 Å². The molecule has 0 unspecified atom stereocenters. The summed E-state index contributed by atoms with van der Waals surface area (Å²) in [4.78, 5) is 0. The first-order valence-electron chi connectivity index (χ1n) is 12.3. The van der Waals surface area contributed by atoms with Crippen LogP contribution in [0.5, 0.6) is 0 Å². The minimum Gasteiger partial charge on any atom is -0.543 e. The van der Waals surface area contributed by atoms with Crippen molar-refractivity contribution in [2.75, 3.05) is 6.61 Å². The lowest BCUT2D eigenvalue weighted by molar-refractivity contribution is 0.283. The molecule has 0 rings (SSSR count). The van der Waals surface area contributed by atoms with Gasteiger partial charge in [-0.25, -0.2) is 0 Å². The van der Waals surface area contributed by atoms with Crippen LogP contribution in [0, 0.1) is 5.92 Å². The first-order chi connectivity index (χ1) is 13.6. The molecule has 0 aliphatic carbocycles. The summed E-state index contributed by atoms with van der Waals surface area (Å²) in [5.74, 6) is 1.76. The van der Waals surface area contributed by atoms with Gasteiger partial charge in [-0.3, -0.25) is 0 Å². The lowest BCUT2D eigenvalue weighted by Crippen LogP contribution is -2.47. The smallest absolute Gasteiger partial charge is 0.258 e. The van der Waals surface area contributed by atoms with E-state index in [-0.39, 0.29) is 5.04 Å². The second-order valence-electron chi connectivity index (χ2n) is 11.8. The minimum atomic E-state index is -1.94. The topological polar surface area (TPSA) is 18.5 Å². The molecule has 30 heavy (non-hydrogen) atoms. The third-order valence-corrected chi connectivity index (χ3v) is 17.4. The fourth-order valence-electron chi connectivity index (χ4n) is 4.03. The summed E-state index contributed by atoms with van der Waals surface area (Å²) in [7, 11) is -3.59. The van der Waals surface area contributed by atoms with Crippen molar-refractivity contribution in [3.05, 3.63) is 24.0 Å². The first kappa shape index (κ1) is 29.7. The molecule has 0 N–H and O–H groups in total. The Morgan fingerprint density at radius 2 is 1.37 bits per heavy atom. The number of allylic oxidation sites excluding steroid dienone is 3. The fourth-order valence-corrected chi connectivity index (χ4v) is 10.4. The number of hydrogen-bond acceptors (Lipinski definition) is 2. The standard InChI is InChI=1S/C26H54O2Si2/c1-21(2)17-16-19-25(28-30(22(3)4,23(5)6)24(7)8)18-14-15-20-27-29(12,13)26(9,10)11/h16,18-19,21-24H,14-15,17,20H2,1-13H3/b19-16-,25-18+. The highest BCUT2D eigenvalue weighted by atomic mass is 28.4. The van der Waals surface area contributed by atoms with E-state index in [4.69, 9.17) is 8.85 Å². The van der Waals surface area contributed by atoms with Crippen molar-refractivity contribution in [2.45, 2.75) is 130 Å². The largest absolute Gasteiger partial charge is 0.543 e. The van der Waals surface area contributed by atoms with Crippen LogP contribution in [-0.2, 0) is 8.85 Å². The fraction of sp³-hybridized carbons (Fsp3) is 0.846. The Balaban J connectivity index is 5.37. The van der Waals surface area contributed by atoms with Gasteiger partial charge in [-0.15, -0.1) is 0 Å². The quantitative estimate of drug-likeness (QED) is 0.119. The van der Waals surface area contributed by atoms with Gasteiger partial charge < -0.3 is 8.85 Å². The van der Waals surface area contributed by atoms with Crippen LogP contribution >= 0.6 is 0 Å². The highest BCUT2D eigenvalue weighted by Gasteiger charge is 2.47. The van der Waals surface area contributed by atoms with Gasteiger partial charge in [-0.2, -0.15) is 0 Å². The Hall–Kier alpha value is -0.326. The van der Waals surface area contributed by atoms with Crippen molar-refractivity contribution >= 4 is 16.6 Å². The van der Waals surface area contributed by atoms with Gasteiger partial charge >= 0.3 is 0 Å². The van der Waals surface area contributed by atoms with Gasteiger partial charge in [0.2, 0.25) is 0 Å². The number of rotatable bonds is 13. The van der Waals surface area contributed by atoms with E-state index in [9.17, 15) is 0 Å². The van der Waals surface area contributed by atoms with E-state index in [0.29, 0.717) is 22.5 Å². The summed E-state index contributed by atoms with van der Waals surface area (Å²) >= 11 is 0. The van der Waals surface area contributed by atoms with Crippen LogP contribution in [0.2, 0.25) is 34.8 Å². The van der Waals surface area contributed by atoms with Crippen molar-refractivity contribution in [3.63, 3.8) is 0 Å². The van der Waals surface area contributed by atoms with Crippen molar-refractivity contribution in [2.24, 2.45) is 5.92 Å². The lowest BCUT2D eigenvalue weighted by atomic mass is 10.1. The highest BCUT2D eigenvalue weighted by Crippen LogP contribution is 2.43. The Bertz CT molecular complexity index is 516. The zero-order valence-corrected chi connectivity index (χ0v) is 24.7. The number of hydrogen-bond donors (Lipinski definition) is 0. The predicted octanol–water partition coefficient (Wildman–Crippen LogP) is 9.47. The molecule has 0 heterocycles. The second kappa shape index (κ2) is 12.6. The molecule has 178 valence electrons. The van der Waals surface area contributed by atoms with Crippen LogP contribution in [0.15, 0.2) is 24.0 Å². The molecule has 0 bridgehead atoms. The summed E-state index contributed by atoms with van der Waals surface area (Å²) in [6, 6.07) is 0. The summed E-state index contributed by atoms with van der Waals surface area (Å²) < 4.78 is 13.4. The third kappa shape index (κ3) is 9.04. The average molecular weight is 455 g/mol. The molecular weight excluding hydrogens is 400 g/mol. The van der Waals surface area contributed by atoms with Gasteiger partial charge in [0.15, 0.2) is 8.32 Å². The highest BCUT2D eigenvalue weighted by molar-refractivity contribution is 6.78. The molecule has 0 saturated carbocycles. The molecule has 2 nitrogen and oxygen atoms in total. The van der Waals surface area contributed by atoms with Crippen LogP contribution < -0.4 is 0 Å². The molecule has 0 aromatic rings. The monoisotopic (exact) mass is 454 g/mol. The second-order valence-corrected chi connectivity index (χ2v) is 22.0. The summed E-state index contributed by atoms with van der Waals surface area (Å²) in [6.07, 6.45) is 10.0. The third-order valence-electron chi connectivity index (χ3n) is 6.85. The van der Waals surface area contributed by atoms with Crippen LogP contribution in [-0.4, -0.2) is 23.2 Å². The molecule has 0 amide bonds. The Kier molecular flexibility index (Phi) is 12.5. The van der Waals surface area contributed by atoms with Crippen molar-refractivity contribution < 1.29 is 8.85 Å². The van der Waals surface area contributed by atoms with Crippen molar-refractivity contribution in [1.82, 2.24) is 0 Å². The van der Waals surface area contributed by atoms with Gasteiger partial charge in [-0.05, 0) is 72.1 Å². The normalized spacial score (nSPS) is 14.8. The van der Waals surface area contributed by atoms with Crippen LogP contribution in [0.4, 0.5) is 0 Å². The van der Waals surface area contributed by atoms with Gasteiger partial charge in [0.05, 0.1) is 5.76 Å². The molecule has 0 aliphatic rings. The van der Waals surface area contributed by atoms with E-state index in [1.807, 2.05) is 0 Å². The van der Waals surface area contributed by atoms with Gasteiger partial charge in [-0.1, -0.05) is 82.2 Å². The number of unbranched alkanes of at least 4 members (excludes halogenated alkanes) is 1. The first-order valence-corrected chi connectivity index (χ1v) is 17.3. The molecule has 0 aliphatic heterocycles. The molecule has 0 spiro atoms. The molecule has 0 saturated heterocycles. The average Bonchev–Trinajstić information content (AvgIpc) is 2.56. The predicted molar refractivity (Wildman–Crippen MR) is 141 cm³/mol.